The first-order valence-electron chi connectivity index (χ1n) is 13.5. The first-order chi connectivity index (χ1) is 17.4. The van der Waals surface area contributed by atoms with E-state index < -0.39 is 34.2 Å². The van der Waals surface area contributed by atoms with Crippen molar-refractivity contribution in [2.75, 3.05) is 24.6 Å². The Hall–Kier alpha value is -2.02. The second-order valence-electron chi connectivity index (χ2n) is 9.91. The van der Waals surface area contributed by atoms with E-state index in [4.69, 9.17) is 14.8 Å². The molecule has 210 valence electrons. The van der Waals surface area contributed by atoms with Gasteiger partial charge in [0.05, 0.1) is 11.1 Å². The van der Waals surface area contributed by atoms with Crippen LogP contribution in [0.15, 0.2) is 35.2 Å². The quantitative estimate of drug-likeness (QED) is 0.154. The van der Waals surface area contributed by atoms with Crippen molar-refractivity contribution in [3.05, 3.63) is 41.5 Å². The Morgan fingerprint density at radius 2 is 1.14 bits per heavy atom. The first kappa shape index (κ1) is 33.0. The second kappa shape index (κ2) is 16.1. The van der Waals surface area contributed by atoms with E-state index in [9.17, 15) is 18.0 Å². The number of hydrogen-bond donors (Lipinski definition) is 3. The third kappa shape index (κ3) is 10.7. The molecule has 0 aromatic heterocycles. The molecule has 0 heterocycles. The zero-order valence-corrected chi connectivity index (χ0v) is 24.6. The normalized spacial score (nSPS) is 12.1. The summed E-state index contributed by atoms with van der Waals surface area (Å²) in [5.41, 5.74) is -0.501. The van der Waals surface area contributed by atoms with Crippen molar-refractivity contribution in [3.63, 3.8) is 0 Å². The zero-order chi connectivity index (χ0) is 28.1. The SMILES string of the molecule is CCCC[PH](CCCC)(CCCC)CCCC.O=C(O)c1cc(S(=O)(=O)O)c2cc(C(=O)O)ccc2c1. The molecule has 0 atom stereocenters. The van der Waals surface area contributed by atoms with Crippen molar-refractivity contribution in [2.24, 2.45) is 0 Å². The molecule has 2 aromatic rings. The molecule has 0 fully saturated rings. The van der Waals surface area contributed by atoms with E-state index in [1.165, 1.54) is 69.6 Å². The molecule has 0 spiro atoms. The van der Waals surface area contributed by atoms with Crippen LogP contribution in [0.3, 0.4) is 0 Å². The maximum absolute atomic E-state index is 11.3. The summed E-state index contributed by atoms with van der Waals surface area (Å²) in [4.78, 5) is 21.2. The minimum Gasteiger partial charge on any atom is -0.478 e. The second-order valence-corrected chi connectivity index (χ2v) is 16.3. The van der Waals surface area contributed by atoms with E-state index in [1.807, 2.05) is 0 Å². The summed E-state index contributed by atoms with van der Waals surface area (Å²) in [7, 11) is -5.56. The number of benzene rings is 2. The minimum atomic E-state index is -4.68. The molecule has 37 heavy (non-hydrogen) atoms. The molecule has 0 bridgehead atoms. The first-order valence-corrected chi connectivity index (χ1v) is 17.7. The van der Waals surface area contributed by atoms with Gasteiger partial charge >= 0.3 is 123 Å². The van der Waals surface area contributed by atoms with Crippen molar-refractivity contribution in [1.82, 2.24) is 0 Å². The Morgan fingerprint density at radius 1 is 0.703 bits per heavy atom. The molecule has 0 unspecified atom stereocenters. The summed E-state index contributed by atoms with van der Waals surface area (Å²) >= 11 is 0. The van der Waals surface area contributed by atoms with Crippen LogP contribution in [0.5, 0.6) is 0 Å². The van der Waals surface area contributed by atoms with Crippen LogP contribution in [0.2, 0.25) is 0 Å². The molecule has 9 heteroatoms. The fourth-order valence-corrected chi connectivity index (χ4v) is 11.4. The topological polar surface area (TPSA) is 129 Å². The maximum atomic E-state index is 11.3. The summed E-state index contributed by atoms with van der Waals surface area (Å²) in [6, 6.07) is 5.53. The Kier molecular flexibility index (Phi) is 14.3. The molecule has 0 amide bonds. The average molecular weight is 557 g/mol. The molecule has 3 N–H and O–H groups in total. The zero-order valence-electron chi connectivity index (χ0n) is 22.8. The van der Waals surface area contributed by atoms with Crippen LogP contribution in [-0.2, 0) is 10.1 Å². The Balaban J connectivity index is 0.000000377. The van der Waals surface area contributed by atoms with Gasteiger partial charge in [0.2, 0.25) is 0 Å². The fourth-order valence-electron chi connectivity index (χ4n) is 4.75. The van der Waals surface area contributed by atoms with Gasteiger partial charge in [0.15, 0.2) is 0 Å². The standard InChI is InChI=1S/C16H37P.C12H8O7S/c1-5-9-13-17(14-10-6-2,15-11-7-3)16-12-8-4;13-11(14)7-2-1-6-3-8(12(15)16)5-10(9(6)4-7)20(17,18)19/h17H,5-16H2,1-4H3;1-5H,(H,13,14)(H,15,16)(H,17,18,19). The molecule has 0 saturated carbocycles. The number of fused-ring (bicyclic) bond motifs is 1. The van der Waals surface area contributed by atoms with Gasteiger partial charge in [-0.1, -0.05) is 6.07 Å². The van der Waals surface area contributed by atoms with Gasteiger partial charge in [0, 0.05) is 5.39 Å². The van der Waals surface area contributed by atoms with E-state index in [0.29, 0.717) is 0 Å². The number of unbranched alkanes of at least 4 members (excludes halogenated alkanes) is 4. The van der Waals surface area contributed by atoms with Gasteiger partial charge in [-0.25, -0.2) is 9.59 Å². The molecular formula is C28H45O7PS. The molecule has 0 aliphatic heterocycles. The number of hydrogen-bond acceptors (Lipinski definition) is 4. The van der Waals surface area contributed by atoms with E-state index in [0.717, 1.165) is 12.1 Å². The summed E-state index contributed by atoms with van der Waals surface area (Å²) in [6.07, 6.45) is 18.1. The van der Waals surface area contributed by atoms with Gasteiger partial charge in [-0.2, -0.15) is 8.42 Å². The Labute approximate surface area is 222 Å². The maximum Gasteiger partial charge on any atom is 0.335 e. The molecular weight excluding hydrogens is 511 g/mol. The van der Waals surface area contributed by atoms with Crippen molar-refractivity contribution in [3.8, 4) is 0 Å². The van der Waals surface area contributed by atoms with Crippen LogP contribution >= 0.6 is 7.26 Å². The molecule has 2 aromatic carbocycles. The molecule has 0 saturated heterocycles. The fraction of sp³-hybridized carbons (Fsp3) is 0.571. The van der Waals surface area contributed by atoms with Gasteiger partial charge < -0.3 is 10.2 Å². The monoisotopic (exact) mass is 556 g/mol. The molecule has 0 aliphatic carbocycles. The van der Waals surface area contributed by atoms with Gasteiger partial charge in [-0.05, 0) is 29.7 Å². The third-order valence-electron chi connectivity index (χ3n) is 6.93. The Bertz CT molecular complexity index is 1090. The van der Waals surface area contributed by atoms with Crippen LogP contribution in [-0.4, -0.2) is 59.8 Å². The molecule has 0 radical (unpaired) electrons. The smallest absolute Gasteiger partial charge is 0.335 e. The van der Waals surface area contributed by atoms with E-state index in [1.54, 1.807) is 24.6 Å². The van der Waals surface area contributed by atoms with Crippen molar-refractivity contribution >= 4 is 40.1 Å². The van der Waals surface area contributed by atoms with Gasteiger partial charge in [0.25, 0.3) is 10.1 Å². The average Bonchev–Trinajstić information content (AvgIpc) is 2.86. The number of rotatable bonds is 15. The van der Waals surface area contributed by atoms with E-state index in [2.05, 4.69) is 27.7 Å². The van der Waals surface area contributed by atoms with Crippen molar-refractivity contribution < 1.29 is 32.8 Å². The van der Waals surface area contributed by atoms with Crippen molar-refractivity contribution in [2.45, 2.75) is 84.0 Å². The molecule has 2 rings (SSSR count). The Morgan fingerprint density at radius 3 is 1.49 bits per heavy atom. The predicted molar refractivity (Wildman–Crippen MR) is 155 cm³/mol. The van der Waals surface area contributed by atoms with Gasteiger partial charge in [-0.15, -0.1) is 0 Å². The van der Waals surface area contributed by atoms with Crippen LogP contribution in [0, 0.1) is 0 Å². The predicted octanol–water partition coefficient (Wildman–Crippen LogP) is 7.42. The minimum absolute atomic E-state index is 0.0580. The van der Waals surface area contributed by atoms with Crippen LogP contribution in [0.1, 0.15) is 99.8 Å². The largest absolute Gasteiger partial charge is 0.478 e. The number of carboxylic acid groups (broad SMARTS) is 2. The summed E-state index contributed by atoms with van der Waals surface area (Å²) < 4.78 is 31.8. The van der Waals surface area contributed by atoms with Gasteiger partial charge in [0.1, 0.15) is 4.90 Å². The van der Waals surface area contributed by atoms with Gasteiger partial charge in [-0.3, -0.25) is 4.55 Å². The van der Waals surface area contributed by atoms with Crippen LogP contribution in [0.4, 0.5) is 0 Å². The number of carbonyl (C=O) groups is 2. The van der Waals surface area contributed by atoms with E-state index >= 15 is 0 Å². The summed E-state index contributed by atoms with van der Waals surface area (Å²) in [5.74, 6) is -2.63. The van der Waals surface area contributed by atoms with Crippen LogP contribution in [0.25, 0.3) is 10.8 Å². The van der Waals surface area contributed by atoms with Crippen LogP contribution < -0.4 is 0 Å². The summed E-state index contributed by atoms with van der Waals surface area (Å²) in [6.45, 7) is 9.44. The number of aromatic carboxylic acids is 2. The third-order valence-corrected chi connectivity index (χ3v) is 13.5. The van der Waals surface area contributed by atoms with E-state index in [-0.39, 0.29) is 21.9 Å². The van der Waals surface area contributed by atoms with Crippen molar-refractivity contribution in [1.29, 1.82) is 0 Å². The molecule has 0 aliphatic rings. The number of carboxylic acids is 2. The molecule has 7 nitrogen and oxygen atoms in total. The summed E-state index contributed by atoms with van der Waals surface area (Å²) in [5, 5.41) is 17.9.